The number of halogens is 1. The highest BCUT2D eigenvalue weighted by molar-refractivity contribution is 6.07. The van der Waals surface area contributed by atoms with E-state index in [-0.39, 0.29) is 28.8 Å². The molecule has 0 aliphatic carbocycles. The van der Waals surface area contributed by atoms with Crippen molar-refractivity contribution >= 4 is 17.6 Å². The zero-order valence-electron chi connectivity index (χ0n) is 21.1. The molecule has 0 spiro atoms. The predicted octanol–water partition coefficient (Wildman–Crippen LogP) is 3.24. The molecule has 5 rings (SSSR count). The molecule has 0 radical (unpaired) electrons. The minimum Gasteiger partial charge on any atom is -0.466 e. The quantitative estimate of drug-likeness (QED) is 0.424. The number of esters is 1. The molecule has 3 heterocycles. The number of carbonyl (C=O) groups is 2. The molecule has 2 N–H and O–H groups in total. The molecule has 8 heteroatoms. The van der Waals surface area contributed by atoms with Crippen LogP contribution in [0.3, 0.4) is 0 Å². The van der Waals surface area contributed by atoms with Crippen LogP contribution < -0.4 is 10.6 Å². The fourth-order valence-corrected chi connectivity index (χ4v) is 5.50. The maximum Gasteiger partial charge on any atom is 0.337 e. The smallest absolute Gasteiger partial charge is 0.337 e. The molecule has 1 saturated heterocycles. The Morgan fingerprint density at radius 2 is 1.84 bits per heavy atom. The summed E-state index contributed by atoms with van der Waals surface area (Å²) in [5.74, 6) is -1.37. The number of fused-ring (bicyclic) bond motifs is 2. The lowest BCUT2D eigenvalue weighted by molar-refractivity contribution is -0.138. The SMILES string of the molecule is COC(=O)C1=C(C(=O)NC2CCN(C)CC2)C2C=CC1(C(Cc1ccccc1)Nc1ccccc1F)O2. The first kappa shape index (κ1) is 25.2. The first-order chi connectivity index (χ1) is 17.9. The van der Waals surface area contributed by atoms with Gasteiger partial charge in [0.1, 0.15) is 17.5 Å². The van der Waals surface area contributed by atoms with Gasteiger partial charge < -0.3 is 25.0 Å². The zero-order chi connectivity index (χ0) is 26.0. The number of likely N-dealkylation sites (tertiary alicyclic amines) is 1. The third-order valence-electron chi connectivity index (χ3n) is 7.48. The standard InChI is InChI=1S/C29H32FN3O4/c1-33-16-13-20(14-17-33)31-27(34)25-23-12-15-29(37-23,26(25)28(35)36-2)24(18-19-8-4-3-5-9-19)32-22-11-7-6-10-21(22)30/h3-12,15,20,23-24,32H,13-14,16-18H2,1-2H3,(H,31,34). The lowest BCUT2D eigenvalue weighted by Gasteiger charge is -2.36. The molecular formula is C29H32FN3O4. The van der Waals surface area contributed by atoms with E-state index in [0.29, 0.717) is 6.42 Å². The molecular weight excluding hydrogens is 473 g/mol. The van der Waals surface area contributed by atoms with Crippen LogP contribution in [0.4, 0.5) is 10.1 Å². The summed E-state index contributed by atoms with van der Waals surface area (Å²) in [4.78, 5) is 29.0. The highest BCUT2D eigenvalue weighted by Gasteiger charge is 2.58. The molecule has 2 aromatic rings. The lowest BCUT2D eigenvalue weighted by Crippen LogP contribution is -2.50. The van der Waals surface area contributed by atoms with E-state index in [2.05, 4.69) is 22.6 Å². The lowest BCUT2D eigenvalue weighted by atomic mass is 9.78. The van der Waals surface area contributed by atoms with E-state index in [1.165, 1.54) is 13.2 Å². The monoisotopic (exact) mass is 505 g/mol. The van der Waals surface area contributed by atoms with Gasteiger partial charge in [0.05, 0.1) is 30.0 Å². The number of hydrogen-bond donors (Lipinski definition) is 2. The van der Waals surface area contributed by atoms with E-state index in [9.17, 15) is 14.0 Å². The van der Waals surface area contributed by atoms with Crippen molar-refractivity contribution in [3.05, 3.63) is 89.3 Å². The summed E-state index contributed by atoms with van der Waals surface area (Å²) < 4.78 is 26.4. The van der Waals surface area contributed by atoms with E-state index in [0.717, 1.165) is 31.5 Å². The number of amides is 1. The Morgan fingerprint density at radius 3 is 2.54 bits per heavy atom. The van der Waals surface area contributed by atoms with Crippen molar-refractivity contribution < 1.29 is 23.5 Å². The van der Waals surface area contributed by atoms with Gasteiger partial charge in [0.2, 0.25) is 0 Å². The average Bonchev–Trinajstić information content (AvgIpc) is 3.49. The van der Waals surface area contributed by atoms with E-state index in [4.69, 9.17) is 9.47 Å². The second-order valence-electron chi connectivity index (χ2n) is 9.89. The summed E-state index contributed by atoms with van der Waals surface area (Å²) in [5, 5.41) is 6.39. The number of anilines is 1. The number of rotatable bonds is 8. The van der Waals surface area contributed by atoms with Crippen LogP contribution >= 0.6 is 0 Å². The topological polar surface area (TPSA) is 79.9 Å². The number of nitrogens with zero attached hydrogens (tertiary/aromatic N) is 1. The Kier molecular flexibility index (Phi) is 7.13. The van der Waals surface area contributed by atoms with Crippen LogP contribution in [0.15, 0.2) is 77.9 Å². The number of benzene rings is 2. The van der Waals surface area contributed by atoms with Gasteiger partial charge in [0, 0.05) is 6.04 Å². The van der Waals surface area contributed by atoms with Gasteiger partial charge in [-0.3, -0.25) is 4.79 Å². The maximum absolute atomic E-state index is 14.7. The summed E-state index contributed by atoms with van der Waals surface area (Å²) in [7, 11) is 3.35. The molecule has 7 nitrogen and oxygen atoms in total. The molecule has 0 aromatic heterocycles. The molecule has 37 heavy (non-hydrogen) atoms. The second kappa shape index (κ2) is 10.5. The summed E-state index contributed by atoms with van der Waals surface area (Å²) in [5.41, 5.74) is 0.376. The molecule has 3 aliphatic rings. The van der Waals surface area contributed by atoms with Gasteiger partial charge in [-0.25, -0.2) is 9.18 Å². The highest BCUT2D eigenvalue weighted by Crippen LogP contribution is 2.47. The van der Waals surface area contributed by atoms with Crippen LogP contribution in [0, 0.1) is 5.82 Å². The summed E-state index contributed by atoms with van der Waals surface area (Å²) in [6.07, 6.45) is 4.99. The van der Waals surface area contributed by atoms with Gasteiger partial charge >= 0.3 is 5.97 Å². The van der Waals surface area contributed by atoms with E-state index >= 15 is 0 Å². The van der Waals surface area contributed by atoms with E-state index < -0.39 is 29.5 Å². The predicted molar refractivity (Wildman–Crippen MR) is 138 cm³/mol. The first-order valence-electron chi connectivity index (χ1n) is 12.7. The first-order valence-corrected chi connectivity index (χ1v) is 12.7. The van der Waals surface area contributed by atoms with Gasteiger partial charge in [-0.2, -0.15) is 0 Å². The van der Waals surface area contributed by atoms with Crippen molar-refractivity contribution in [1.82, 2.24) is 10.2 Å². The Bertz CT molecular complexity index is 1220. The van der Waals surface area contributed by atoms with Gasteiger partial charge in [0.25, 0.3) is 5.91 Å². The van der Waals surface area contributed by atoms with Crippen LogP contribution in [0.5, 0.6) is 0 Å². The number of ether oxygens (including phenoxy) is 2. The maximum atomic E-state index is 14.7. The number of nitrogens with one attached hydrogen (secondary N) is 2. The van der Waals surface area contributed by atoms with Crippen LogP contribution in [-0.2, 0) is 25.5 Å². The Morgan fingerprint density at radius 1 is 1.14 bits per heavy atom. The molecule has 0 saturated carbocycles. The summed E-state index contributed by atoms with van der Waals surface area (Å²) in [6.45, 7) is 1.78. The minimum absolute atomic E-state index is 0.0193. The molecule has 1 amide bonds. The van der Waals surface area contributed by atoms with Crippen molar-refractivity contribution in [2.75, 3.05) is 32.6 Å². The number of piperidine rings is 1. The normalized spacial score (nSPS) is 24.2. The Balaban J connectivity index is 1.53. The van der Waals surface area contributed by atoms with Crippen LogP contribution in [0.25, 0.3) is 0 Å². The minimum atomic E-state index is -1.31. The zero-order valence-corrected chi connectivity index (χ0v) is 21.1. The number of hydrogen-bond acceptors (Lipinski definition) is 6. The van der Waals surface area contributed by atoms with Gasteiger partial charge in [-0.05, 0) is 63.2 Å². The fourth-order valence-electron chi connectivity index (χ4n) is 5.50. The summed E-state index contributed by atoms with van der Waals surface area (Å²) in [6, 6.07) is 15.5. The van der Waals surface area contributed by atoms with E-state index in [1.807, 2.05) is 30.3 Å². The second-order valence-corrected chi connectivity index (χ2v) is 9.89. The van der Waals surface area contributed by atoms with Crippen LogP contribution in [-0.4, -0.2) is 67.8 Å². The highest BCUT2D eigenvalue weighted by atomic mass is 19.1. The van der Waals surface area contributed by atoms with Gasteiger partial charge in [-0.15, -0.1) is 0 Å². The molecule has 2 bridgehead atoms. The number of carbonyl (C=O) groups excluding carboxylic acids is 2. The molecule has 3 atom stereocenters. The van der Waals surface area contributed by atoms with Crippen molar-refractivity contribution in [2.45, 2.75) is 43.1 Å². The molecule has 194 valence electrons. The fraction of sp³-hybridized carbons (Fsp3) is 0.379. The van der Waals surface area contributed by atoms with E-state index in [1.54, 1.807) is 30.4 Å². The van der Waals surface area contributed by atoms with Crippen molar-refractivity contribution in [2.24, 2.45) is 0 Å². The number of para-hydroxylation sites is 1. The Labute approximate surface area is 216 Å². The van der Waals surface area contributed by atoms with Crippen molar-refractivity contribution in [3.63, 3.8) is 0 Å². The largest absolute Gasteiger partial charge is 0.466 e. The average molecular weight is 506 g/mol. The third-order valence-corrected chi connectivity index (χ3v) is 7.48. The van der Waals surface area contributed by atoms with Gasteiger partial charge in [0.15, 0.2) is 0 Å². The van der Waals surface area contributed by atoms with Crippen molar-refractivity contribution in [3.8, 4) is 0 Å². The van der Waals surface area contributed by atoms with Gasteiger partial charge in [-0.1, -0.05) is 48.5 Å². The number of methoxy groups -OCH3 is 1. The van der Waals surface area contributed by atoms with Crippen LogP contribution in [0.1, 0.15) is 18.4 Å². The van der Waals surface area contributed by atoms with Crippen molar-refractivity contribution in [1.29, 1.82) is 0 Å². The Hall–Kier alpha value is -3.49. The molecule has 2 aromatic carbocycles. The molecule has 1 fully saturated rings. The molecule has 3 unspecified atom stereocenters. The summed E-state index contributed by atoms with van der Waals surface area (Å²) >= 11 is 0. The molecule has 3 aliphatic heterocycles. The van der Waals surface area contributed by atoms with Crippen LogP contribution in [0.2, 0.25) is 0 Å². The third kappa shape index (κ3) is 4.91.